The van der Waals surface area contributed by atoms with Crippen molar-refractivity contribution >= 4 is 17.6 Å². The molecule has 0 amide bonds. The van der Waals surface area contributed by atoms with Gasteiger partial charge in [0, 0.05) is 17.0 Å². The van der Waals surface area contributed by atoms with Gasteiger partial charge in [0.15, 0.2) is 0 Å². The van der Waals surface area contributed by atoms with Crippen LogP contribution in [0.25, 0.3) is 11.4 Å². The standard InChI is InChI=1S/C19H21ClN2O3/c1-13-4-2-3-5-15(13)12-24-18(23)11-10-17-21-19(22-25-17)14-6-8-16(20)9-7-14/h2-3,6-9,13,15H,4-5,10-12H2,1H3. The Bertz CT molecular complexity index is 739. The van der Waals surface area contributed by atoms with E-state index in [0.717, 1.165) is 18.4 Å². The van der Waals surface area contributed by atoms with Crippen LogP contribution >= 0.6 is 11.6 Å². The van der Waals surface area contributed by atoms with Gasteiger partial charge in [-0.2, -0.15) is 4.98 Å². The summed E-state index contributed by atoms with van der Waals surface area (Å²) in [6.45, 7) is 2.67. The molecule has 0 radical (unpaired) electrons. The molecule has 132 valence electrons. The van der Waals surface area contributed by atoms with Crippen LogP contribution in [0, 0.1) is 11.8 Å². The Balaban J connectivity index is 1.46. The van der Waals surface area contributed by atoms with Gasteiger partial charge < -0.3 is 9.26 Å². The first-order chi connectivity index (χ1) is 12.1. The lowest BCUT2D eigenvalue weighted by atomic mass is 9.85. The Morgan fingerprint density at radius 3 is 2.80 bits per heavy atom. The van der Waals surface area contributed by atoms with E-state index in [1.165, 1.54) is 0 Å². The fraction of sp³-hybridized carbons (Fsp3) is 0.421. The van der Waals surface area contributed by atoms with Crippen molar-refractivity contribution in [1.29, 1.82) is 0 Å². The molecule has 0 spiro atoms. The number of rotatable bonds is 6. The Hall–Kier alpha value is -2.14. The topological polar surface area (TPSA) is 65.2 Å². The molecule has 0 saturated carbocycles. The summed E-state index contributed by atoms with van der Waals surface area (Å²) < 4.78 is 10.6. The number of hydrogen-bond donors (Lipinski definition) is 0. The van der Waals surface area contributed by atoms with Crippen LogP contribution in [0.2, 0.25) is 5.02 Å². The number of ether oxygens (including phenoxy) is 1. The average Bonchev–Trinajstić information content (AvgIpc) is 3.09. The molecule has 1 heterocycles. The number of carbonyl (C=O) groups is 1. The van der Waals surface area contributed by atoms with Crippen molar-refractivity contribution in [3.63, 3.8) is 0 Å². The summed E-state index contributed by atoms with van der Waals surface area (Å²) in [7, 11) is 0. The van der Waals surface area contributed by atoms with E-state index < -0.39 is 0 Å². The Morgan fingerprint density at radius 2 is 2.04 bits per heavy atom. The van der Waals surface area contributed by atoms with Crippen LogP contribution in [0.1, 0.15) is 32.1 Å². The molecule has 25 heavy (non-hydrogen) atoms. The molecule has 1 aliphatic carbocycles. The van der Waals surface area contributed by atoms with Gasteiger partial charge in [0.05, 0.1) is 13.0 Å². The molecule has 0 N–H and O–H groups in total. The van der Waals surface area contributed by atoms with Gasteiger partial charge in [-0.3, -0.25) is 4.79 Å². The molecule has 5 nitrogen and oxygen atoms in total. The van der Waals surface area contributed by atoms with Gasteiger partial charge in [0.25, 0.3) is 0 Å². The van der Waals surface area contributed by atoms with Crippen LogP contribution in [0.15, 0.2) is 40.9 Å². The van der Waals surface area contributed by atoms with Crippen molar-refractivity contribution in [1.82, 2.24) is 10.1 Å². The maximum absolute atomic E-state index is 11.9. The highest BCUT2D eigenvalue weighted by molar-refractivity contribution is 6.30. The lowest BCUT2D eigenvalue weighted by molar-refractivity contribution is -0.145. The second-order valence-electron chi connectivity index (χ2n) is 6.38. The fourth-order valence-corrected chi connectivity index (χ4v) is 2.92. The Labute approximate surface area is 152 Å². The van der Waals surface area contributed by atoms with Gasteiger partial charge in [0.1, 0.15) is 0 Å². The van der Waals surface area contributed by atoms with Gasteiger partial charge in [0.2, 0.25) is 11.7 Å². The highest BCUT2D eigenvalue weighted by Crippen LogP contribution is 2.25. The highest BCUT2D eigenvalue weighted by Gasteiger charge is 2.20. The monoisotopic (exact) mass is 360 g/mol. The van der Waals surface area contributed by atoms with Gasteiger partial charge in [-0.05, 0) is 48.9 Å². The van der Waals surface area contributed by atoms with E-state index in [-0.39, 0.29) is 12.4 Å². The smallest absolute Gasteiger partial charge is 0.306 e. The molecule has 1 aromatic carbocycles. The second-order valence-corrected chi connectivity index (χ2v) is 6.82. The molecule has 2 atom stereocenters. The maximum atomic E-state index is 11.9. The SMILES string of the molecule is CC1CC=CCC1COC(=O)CCc1nc(-c2ccc(Cl)cc2)no1. The number of carbonyl (C=O) groups excluding carboxylic acids is 1. The first-order valence-corrected chi connectivity index (χ1v) is 8.89. The summed E-state index contributed by atoms with van der Waals surface area (Å²) in [5, 5.41) is 4.59. The molecular weight excluding hydrogens is 340 g/mol. The number of aromatic nitrogens is 2. The zero-order valence-corrected chi connectivity index (χ0v) is 14.9. The van der Waals surface area contributed by atoms with Gasteiger partial charge >= 0.3 is 5.97 Å². The molecular formula is C19H21ClN2O3. The van der Waals surface area contributed by atoms with Crippen LogP contribution < -0.4 is 0 Å². The number of allylic oxidation sites excluding steroid dienone is 2. The van der Waals surface area contributed by atoms with E-state index in [1.54, 1.807) is 12.1 Å². The van der Waals surface area contributed by atoms with Crippen LogP contribution in [0.3, 0.4) is 0 Å². The molecule has 1 aromatic heterocycles. The van der Waals surface area contributed by atoms with Crippen LogP contribution in [-0.4, -0.2) is 22.7 Å². The fourth-order valence-electron chi connectivity index (χ4n) is 2.79. The highest BCUT2D eigenvalue weighted by atomic mass is 35.5. The average molecular weight is 361 g/mol. The zero-order valence-electron chi connectivity index (χ0n) is 14.2. The van der Waals surface area contributed by atoms with Crippen molar-refractivity contribution in [2.75, 3.05) is 6.61 Å². The molecule has 0 saturated heterocycles. The minimum absolute atomic E-state index is 0.229. The quantitative estimate of drug-likeness (QED) is 0.561. The lowest BCUT2D eigenvalue weighted by Gasteiger charge is -2.24. The van der Waals surface area contributed by atoms with E-state index in [0.29, 0.717) is 41.6 Å². The molecule has 1 aliphatic rings. The minimum Gasteiger partial charge on any atom is -0.465 e. The number of hydrogen-bond acceptors (Lipinski definition) is 5. The largest absolute Gasteiger partial charge is 0.465 e. The first-order valence-electron chi connectivity index (χ1n) is 8.51. The number of benzene rings is 1. The van der Waals surface area contributed by atoms with E-state index in [9.17, 15) is 4.79 Å². The lowest BCUT2D eigenvalue weighted by Crippen LogP contribution is -2.21. The second kappa shape index (κ2) is 8.30. The Morgan fingerprint density at radius 1 is 1.28 bits per heavy atom. The van der Waals surface area contributed by atoms with Crippen LogP contribution in [0.5, 0.6) is 0 Å². The number of nitrogens with zero attached hydrogens (tertiary/aromatic N) is 2. The molecule has 2 unspecified atom stereocenters. The summed E-state index contributed by atoms with van der Waals surface area (Å²) in [6.07, 6.45) is 6.99. The van der Waals surface area contributed by atoms with E-state index in [2.05, 4.69) is 29.2 Å². The normalized spacial score (nSPS) is 19.8. The van der Waals surface area contributed by atoms with Crippen molar-refractivity contribution in [3.8, 4) is 11.4 Å². The van der Waals surface area contributed by atoms with Crippen LogP contribution in [0.4, 0.5) is 0 Å². The van der Waals surface area contributed by atoms with Gasteiger partial charge in [-0.15, -0.1) is 0 Å². The third kappa shape index (κ3) is 4.92. The summed E-state index contributed by atoms with van der Waals surface area (Å²) >= 11 is 5.86. The zero-order chi connectivity index (χ0) is 17.6. The third-order valence-electron chi connectivity index (χ3n) is 4.49. The molecule has 6 heteroatoms. The van der Waals surface area contributed by atoms with Crippen molar-refractivity contribution in [3.05, 3.63) is 47.3 Å². The summed E-state index contributed by atoms with van der Waals surface area (Å²) in [5.74, 6) is 1.65. The summed E-state index contributed by atoms with van der Waals surface area (Å²) in [4.78, 5) is 16.2. The Kier molecular flexibility index (Phi) is 5.87. The molecule has 0 aliphatic heterocycles. The number of aryl methyl sites for hydroxylation is 1. The van der Waals surface area contributed by atoms with E-state index in [4.69, 9.17) is 20.9 Å². The van der Waals surface area contributed by atoms with E-state index >= 15 is 0 Å². The molecule has 0 bridgehead atoms. The predicted octanol–water partition coefficient (Wildman–Crippen LogP) is 4.47. The number of halogens is 1. The van der Waals surface area contributed by atoms with Crippen molar-refractivity contribution in [2.45, 2.75) is 32.6 Å². The minimum atomic E-state index is -0.229. The predicted molar refractivity (Wildman–Crippen MR) is 95.1 cm³/mol. The third-order valence-corrected chi connectivity index (χ3v) is 4.74. The maximum Gasteiger partial charge on any atom is 0.306 e. The molecule has 2 aromatic rings. The molecule has 0 fully saturated rings. The van der Waals surface area contributed by atoms with Crippen LogP contribution in [-0.2, 0) is 16.0 Å². The van der Waals surface area contributed by atoms with E-state index in [1.807, 2.05) is 12.1 Å². The van der Waals surface area contributed by atoms with Gasteiger partial charge in [-0.1, -0.05) is 35.8 Å². The number of esters is 1. The van der Waals surface area contributed by atoms with Gasteiger partial charge in [-0.25, -0.2) is 0 Å². The molecule has 3 rings (SSSR count). The van der Waals surface area contributed by atoms with Crippen molar-refractivity contribution in [2.24, 2.45) is 11.8 Å². The summed E-state index contributed by atoms with van der Waals surface area (Å²) in [5.41, 5.74) is 0.821. The first kappa shape index (κ1) is 17.7. The van der Waals surface area contributed by atoms with Crippen molar-refractivity contribution < 1.29 is 14.1 Å². The summed E-state index contributed by atoms with van der Waals surface area (Å²) in [6, 6.07) is 7.19.